The fraction of sp³-hybridized carbons (Fsp3) is 0.308. The number of hydrogen-bond acceptors (Lipinski definition) is 3. The molecule has 0 spiro atoms. The van der Waals surface area contributed by atoms with Crippen LogP contribution in [0.3, 0.4) is 0 Å². The summed E-state index contributed by atoms with van der Waals surface area (Å²) in [6, 6.07) is 31.9. The Balaban J connectivity index is 1.37. The monoisotopic (exact) mass is 386 g/mol. The molecule has 0 bridgehead atoms. The van der Waals surface area contributed by atoms with Gasteiger partial charge in [-0.15, -0.1) is 0 Å². The van der Waals surface area contributed by atoms with Crippen molar-refractivity contribution in [1.82, 2.24) is 9.80 Å². The molecule has 1 aliphatic heterocycles. The van der Waals surface area contributed by atoms with Crippen molar-refractivity contribution in [2.24, 2.45) is 0 Å². The van der Waals surface area contributed by atoms with E-state index in [-0.39, 0.29) is 6.10 Å². The van der Waals surface area contributed by atoms with Crippen molar-refractivity contribution in [1.29, 1.82) is 0 Å². The predicted octanol–water partition coefficient (Wildman–Crippen LogP) is 4.52. The molecule has 3 aromatic carbocycles. The quantitative estimate of drug-likeness (QED) is 0.647. The van der Waals surface area contributed by atoms with Gasteiger partial charge in [-0.25, -0.2) is 0 Å². The second-order valence-corrected chi connectivity index (χ2v) is 7.82. The molecule has 0 aromatic heterocycles. The largest absolute Gasteiger partial charge is 0.388 e. The van der Waals surface area contributed by atoms with E-state index in [9.17, 15) is 5.11 Å². The number of hydrogen-bond donors (Lipinski definition) is 1. The topological polar surface area (TPSA) is 26.7 Å². The van der Waals surface area contributed by atoms with Gasteiger partial charge in [-0.05, 0) is 23.1 Å². The molecule has 0 amide bonds. The minimum atomic E-state index is -0.379. The van der Waals surface area contributed by atoms with E-state index in [1.807, 2.05) is 30.3 Å². The van der Waals surface area contributed by atoms with Gasteiger partial charge in [0.15, 0.2) is 0 Å². The first kappa shape index (κ1) is 19.8. The summed E-state index contributed by atoms with van der Waals surface area (Å²) in [6.07, 6.45) is 0.403. The zero-order chi connectivity index (χ0) is 19.9. The van der Waals surface area contributed by atoms with Crippen molar-refractivity contribution < 1.29 is 5.11 Å². The third kappa shape index (κ3) is 5.13. The van der Waals surface area contributed by atoms with Crippen molar-refractivity contribution in [2.45, 2.75) is 18.6 Å². The average molecular weight is 387 g/mol. The van der Waals surface area contributed by atoms with E-state index in [4.69, 9.17) is 0 Å². The minimum Gasteiger partial charge on any atom is -0.388 e. The van der Waals surface area contributed by atoms with E-state index in [0.717, 1.165) is 44.7 Å². The smallest absolute Gasteiger partial charge is 0.0802 e. The van der Waals surface area contributed by atoms with Crippen molar-refractivity contribution in [3.63, 3.8) is 0 Å². The normalized spacial score (nSPS) is 16.8. The molecule has 1 heterocycles. The van der Waals surface area contributed by atoms with Crippen LogP contribution in [-0.4, -0.2) is 47.6 Å². The first-order valence-corrected chi connectivity index (χ1v) is 10.6. The van der Waals surface area contributed by atoms with E-state index in [1.54, 1.807) is 0 Å². The number of aliphatic hydroxyl groups excluding tert-OH is 1. The molecule has 29 heavy (non-hydrogen) atoms. The highest BCUT2D eigenvalue weighted by Crippen LogP contribution is 2.29. The fourth-order valence-corrected chi connectivity index (χ4v) is 4.28. The zero-order valence-corrected chi connectivity index (χ0v) is 16.9. The van der Waals surface area contributed by atoms with Crippen LogP contribution in [0.15, 0.2) is 91.0 Å². The molecular formula is C26H30N2O. The van der Waals surface area contributed by atoms with Gasteiger partial charge in [-0.1, -0.05) is 91.0 Å². The highest BCUT2D eigenvalue weighted by atomic mass is 16.3. The number of nitrogens with zero attached hydrogens (tertiary/aromatic N) is 2. The Morgan fingerprint density at radius 2 is 1.07 bits per heavy atom. The van der Waals surface area contributed by atoms with Crippen LogP contribution in [0.5, 0.6) is 0 Å². The fourth-order valence-electron chi connectivity index (χ4n) is 4.28. The van der Waals surface area contributed by atoms with Crippen LogP contribution in [0.4, 0.5) is 0 Å². The molecule has 1 aliphatic rings. The molecule has 3 heteroatoms. The highest BCUT2D eigenvalue weighted by molar-refractivity contribution is 5.32. The Kier molecular flexibility index (Phi) is 6.73. The number of benzene rings is 3. The second-order valence-electron chi connectivity index (χ2n) is 7.82. The third-order valence-electron chi connectivity index (χ3n) is 5.91. The maximum absolute atomic E-state index is 10.5. The molecule has 0 unspecified atom stereocenters. The summed E-state index contributed by atoms with van der Waals surface area (Å²) in [7, 11) is 0. The summed E-state index contributed by atoms with van der Waals surface area (Å²) >= 11 is 0. The molecule has 1 saturated heterocycles. The van der Waals surface area contributed by atoms with Crippen LogP contribution >= 0.6 is 0 Å². The molecule has 1 N–H and O–H groups in total. The Hall–Kier alpha value is -2.46. The van der Waals surface area contributed by atoms with Gasteiger partial charge in [0, 0.05) is 32.7 Å². The number of piperazine rings is 1. The predicted molar refractivity (Wildman–Crippen MR) is 119 cm³/mol. The summed E-state index contributed by atoms with van der Waals surface area (Å²) in [5.41, 5.74) is 3.72. The lowest BCUT2D eigenvalue weighted by molar-refractivity contribution is 0.0887. The van der Waals surface area contributed by atoms with Crippen LogP contribution in [0.1, 0.15) is 35.3 Å². The van der Waals surface area contributed by atoms with Gasteiger partial charge in [0.2, 0.25) is 0 Å². The first-order valence-electron chi connectivity index (χ1n) is 10.6. The van der Waals surface area contributed by atoms with E-state index < -0.39 is 0 Å². The van der Waals surface area contributed by atoms with Gasteiger partial charge >= 0.3 is 0 Å². The van der Waals surface area contributed by atoms with Gasteiger partial charge in [0.1, 0.15) is 0 Å². The summed E-state index contributed by atoms with van der Waals surface area (Å²) in [4.78, 5) is 5.07. The van der Waals surface area contributed by atoms with Crippen LogP contribution < -0.4 is 0 Å². The Morgan fingerprint density at radius 3 is 1.55 bits per heavy atom. The maximum atomic E-state index is 10.5. The van der Waals surface area contributed by atoms with Gasteiger partial charge in [-0.2, -0.15) is 0 Å². The minimum absolute atomic E-state index is 0.300. The van der Waals surface area contributed by atoms with Crippen LogP contribution in [0, 0.1) is 0 Å². The standard InChI is InChI=1S/C26H30N2O/c29-25(22-10-4-1-5-11-22)16-17-27-18-20-28(21-19-27)26(23-12-6-2-7-13-23)24-14-8-3-9-15-24/h1-15,25-26,29H,16-21H2/t25-/m1/s1. The van der Waals surface area contributed by atoms with Gasteiger partial charge < -0.3 is 10.0 Å². The zero-order valence-electron chi connectivity index (χ0n) is 16.9. The highest BCUT2D eigenvalue weighted by Gasteiger charge is 2.26. The molecule has 0 saturated carbocycles. The van der Waals surface area contributed by atoms with Crippen LogP contribution in [0.2, 0.25) is 0 Å². The molecule has 1 atom stereocenters. The summed E-state index contributed by atoms with van der Waals surface area (Å²) in [6.45, 7) is 5.09. The van der Waals surface area contributed by atoms with Gasteiger partial charge in [-0.3, -0.25) is 4.90 Å². The van der Waals surface area contributed by atoms with Crippen molar-refractivity contribution >= 4 is 0 Å². The first-order chi connectivity index (χ1) is 14.3. The van der Waals surface area contributed by atoms with E-state index in [2.05, 4.69) is 70.5 Å². The Bertz CT molecular complexity index is 806. The Morgan fingerprint density at radius 1 is 0.621 bits per heavy atom. The lowest BCUT2D eigenvalue weighted by Gasteiger charge is -2.40. The van der Waals surface area contributed by atoms with Gasteiger partial charge in [0.05, 0.1) is 12.1 Å². The van der Waals surface area contributed by atoms with Crippen LogP contribution in [0.25, 0.3) is 0 Å². The molecule has 3 nitrogen and oxygen atoms in total. The Labute approximate surface area is 174 Å². The summed E-state index contributed by atoms with van der Waals surface area (Å²) < 4.78 is 0. The van der Waals surface area contributed by atoms with Crippen molar-refractivity contribution in [2.75, 3.05) is 32.7 Å². The SMILES string of the molecule is O[C@H](CCN1CCN(C(c2ccccc2)c2ccccc2)CC1)c1ccccc1. The number of rotatable bonds is 7. The van der Waals surface area contributed by atoms with Crippen molar-refractivity contribution in [3.8, 4) is 0 Å². The number of aliphatic hydroxyl groups is 1. The lowest BCUT2D eigenvalue weighted by Crippen LogP contribution is -2.48. The molecule has 3 aromatic rings. The second kappa shape index (κ2) is 9.84. The van der Waals surface area contributed by atoms with E-state index >= 15 is 0 Å². The molecule has 1 fully saturated rings. The van der Waals surface area contributed by atoms with E-state index in [0.29, 0.717) is 6.04 Å². The van der Waals surface area contributed by atoms with E-state index in [1.165, 1.54) is 11.1 Å². The molecule has 4 rings (SSSR count). The van der Waals surface area contributed by atoms with Gasteiger partial charge in [0.25, 0.3) is 0 Å². The maximum Gasteiger partial charge on any atom is 0.0802 e. The summed E-state index contributed by atoms with van der Waals surface area (Å²) in [5, 5.41) is 10.5. The molecule has 150 valence electrons. The molecule has 0 aliphatic carbocycles. The average Bonchev–Trinajstić information content (AvgIpc) is 2.80. The van der Waals surface area contributed by atoms with Crippen LogP contribution in [-0.2, 0) is 0 Å². The molecule has 0 radical (unpaired) electrons. The summed E-state index contributed by atoms with van der Waals surface area (Å²) in [5.74, 6) is 0. The van der Waals surface area contributed by atoms with Crippen molar-refractivity contribution in [3.05, 3.63) is 108 Å². The third-order valence-corrected chi connectivity index (χ3v) is 5.91. The lowest BCUT2D eigenvalue weighted by atomic mass is 9.96. The molecular weight excluding hydrogens is 356 g/mol.